The van der Waals surface area contributed by atoms with Gasteiger partial charge < -0.3 is 39.9 Å². The van der Waals surface area contributed by atoms with Gasteiger partial charge in [0.1, 0.15) is 23.7 Å². The average molecular weight is 788 g/mol. The highest BCUT2D eigenvalue weighted by atomic mass is 16.5. The number of likely N-dealkylation sites (tertiary alicyclic amines) is 2. The van der Waals surface area contributed by atoms with E-state index < -0.39 is 24.3 Å². The van der Waals surface area contributed by atoms with Crippen LogP contribution in [0, 0.1) is 23.7 Å². The number of nitrogens with one attached hydrogen (secondary N) is 4. The molecule has 2 saturated heterocycles. The standard InChI is InChI=1S/C43H49N9O6/c1-24(2)35(48-42(55)57-5)40(53)51-21-7-9-33(51)38-45-30-18-15-27(23-32(30)47-38)12-11-26-13-16-28(17-14-26)29-19-20-31-37(44-29)50-39(46-31)34-10-8-22-52(34)41(54)36(25(3)4)49-43(56)58-6/h13-20,23-25,33-36H,7-10,21-22H2,1-6H3,(H,45,47)(H,48,55)(H,49,56)(H,44,46,50). The van der Waals surface area contributed by atoms with E-state index in [1.807, 2.05) is 82.3 Å². The highest BCUT2D eigenvalue weighted by Crippen LogP contribution is 2.34. The minimum atomic E-state index is -0.709. The molecule has 5 heterocycles. The minimum absolute atomic E-state index is 0.115. The fourth-order valence-corrected chi connectivity index (χ4v) is 7.75. The molecule has 0 aliphatic carbocycles. The van der Waals surface area contributed by atoms with Crippen LogP contribution in [0.2, 0.25) is 0 Å². The number of rotatable bonds is 9. The molecule has 2 fully saturated rings. The average Bonchev–Trinajstić information content (AvgIpc) is 4.05. The lowest BCUT2D eigenvalue weighted by Gasteiger charge is -2.29. The number of carbonyl (C=O) groups is 4. The molecule has 302 valence electrons. The van der Waals surface area contributed by atoms with Gasteiger partial charge in [0.2, 0.25) is 11.8 Å². The van der Waals surface area contributed by atoms with Crippen LogP contribution in [0.5, 0.6) is 0 Å². The quantitative estimate of drug-likeness (QED) is 0.130. The van der Waals surface area contributed by atoms with Crippen molar-refractivity contribution in [3.63, 3.8) is 0 Å². The summed E-state index contributed by atoms with van der Waals surface area (Å²) in [6.45, 7) is 8.72. The molecular weight excluding hydrogens is 739 g/mol. The second kappa shape index (κ2) is 17.0. The van der Waals surface area contributed by atoms with E-state index in [0.29, 0.717) is 30.4 Å². The number of H-pyrrole nitrogens is 2. The Labute approximate surface area is 336 Å². The largest absolute Gasteiger partial charge is 0.453 e. The number of methoxy groups -OCH3 is 2. The molecular formula is C43H49N9O6. The van der Waals surface area contributed by atoms with Crippen molar-refractivity contribution >= 4 is 46.2 Å². The van der Waals surface area contributed by atoms with Crippen LogP contribution in [0.25, 0.3) is 33.5 Å². The van der Waals surface area contributed by atoms with E-state index in [4.69, 9.17) is 24.4 Å². The Morgan fingerprint density at radius 2 is 1.22 bits per heavy atom. The molecule has 7 rings (SSSR count). The number of alkyl carbamates (subject to hydrolysis) is 2. The number of aromatic nitrogens is 5. The van der Waals surface area contributed by atoms with Crippen LogP contribution in [0.3, 0.4) is 0 Å². The molecule has 2 aliphatic rings. The first kappa shape index (κ1) is 39.8. The third-order valence-electron chi connectivity index (χ3n) is 10.9. The van der Waals surface area contributed by atoms with Gasteiger partial charge in [-0.3, -0.25) is 9.59 Å². The van der Waals surface area contributed by atoms with Gasteiger partial charge in [0, 0.05) is 29.8 Å². The SMILES string of the molecule is COC(=O)NC(C(=O)N1CCCC1c1nc2ccc(C#Cc3ccc(-c4ccc5[nH]c(C6CCCN6C(=O)C(NC(=O)OC)C(C)C)nc5n4)cc3)cc2[nH]1)C(C)C. The van der Waals surface area contributed by atoms with Crippen LogP contribution in [0.4, 0.5) is 9.59 Å². The summed E-state index contributed by atoms with van der Waals surface area (Å²) < 4.78 is 9.51. The zero-order valence-electron chi connectivity index (χ0n) is 33.6. The number of benzene rings is 2. The van der Waals surface area contributed by atoms with E-state index in [-0.39, 0.29) is 35.7 Å². The highest BCUT2D eigenvalue weighted by Gasteiger charge is 2.39. The number of fused-ring (bicyclic) bond motifs is 2. The van der Waals surface area contributed by atoms with Gasteiger partial charge in [-0.15, -0.1) is 0 Å². The number of imidazole rings is 2. The molecule has 5 aromatic rings. The van der Waals surface area contributed by atoms with E-state index in [1.54, 1.807) is 9.80 Å². The number of ether oxygens (including phenoxy) is 2. The molecule has 15 nitrogen and oxygen atoms in total. The molecule has 3 aromatic heterocycles. The number of aromatic amines is 2. The second-order valence-corrected chi connectivity index (χ2v) is 15.5. The number of pyridine rings is 1. The third kappa shape index (κ3) is 8.32. The molecule has 0 radical (unpaired) electrons. The summed E-state index contributed by atoms with van der Waals surface area (Å²) in [5.41, 5.74) is 6.27. The number of carbonyl (C=O) groups excluding carboxylic acids is 4. The fraction of sp³-hybridized carbons (Fsp3) is 0.419. The fourth-order valence-electron chi connectivity index (χ4n) is 7.75. The maximum Gasteiger partial charge on any atom is 0.407 e. The van der Waals surface area contributed by atoms with Crippen molar-refractivity contribution in [2.75, 3.05) is 27.3 Å². The van der Waals surface area contributed by atoms with Crippen LogP contribution in [-0.4, -0.2) is 98.1 Å². The molecule has 4 N–H and O–H groups in total. The lowest BCUT2D eigenvalue weighted by Crippen LogP contribution is -2.51. The maximum atomic E-state index is 13.6. The lowest BCUT2D eigenvalue weighted by atomic mass is 10.0. The predicted octanol–water partition coefficient (Wildman–Crippen LogP) is 5.99. The van der Waals surface area contributed by atoms with E-state index in [0.717, 1.165) is 64.6 Å². The Hall–Kier alpha value is -6.43. The predicted molar refractivity (Wildman–Crippen MR) is 217 cm³/mol. The first-order valence-electron chi connectivity index (χ1n) is 19.7. The first-order valence-corrected chi connectivity index (χ1v) is 19.7. The van der Waals surface area contributed by atoms with Crippen molar-refractivity contribution in [3.05, 3.63) is 77.4 Å². The summed E-state index contributed by atoms with van der Waals surface area (Å²) in [6.07, 6.45) is 1.91. The van der Waals surface area contributed by atoms with Gasteiger partial charge in [0.15, 0.2) is 5.65 Å². The summed E-state index contributed by atoms with van der Waals surface area (Å²) in [5, 5.41) is 5.38. The van der Waals surface area contributed by atoms with Crippen molar-refractivity contribution in [2.45, 2.75) is 77.5 Å². The van der Waals surface area contributed by atoms with Crippen LogP contribution in [0.1, 0.15) is 88.2 Å². The summed E-state index contributed by atoms with van der Waals surface area (Å²) in [6, 6.07) is 15.7. The van der Waals surface area contributed by atoms with Gasteiger partial charge >= 0.3 is 12.2 Å². The zero-order chi connectivity index (χ0) is 41.1. The maximum absolute atomic E-state index is 13.6. The molecule has 58 heavy (non-hydrogen) atoms. The summed E-state index contributed by atoms with van der Waals surface area (Å²) >= 11 is 0. The molecule has 4 atom stereocenters. The molecule has 2 aromatic carbocycles. The number of hydrogen-bond acceptors (Lipinski definition) is 9. The third-order valence-corrected chi connectivity index (χ3v) is 10.9. The Kier molecular flexibility index (Phi) is 11.6. The second-order valence-electron chi connectivity index (χ2n) is 15.5. The van der Waals surface area contributed by atoms with E-state index in [2.05, 4.69) is 32.4 Å². The van der Waals surface area contributed by atoms with Gasteiger partial charge in [-0.25, -0.2) is 24.5 Å². The van der Waals surface area contributed by atoms with E-state index in [1.165, 1.54) is 14.2 Å². The highest BCUT2D eigenvalue weighted by molar-refractivity contribution is 5.87. The summed E-state index contributed by atoms with van der Waals surface area (Å²) in [5.74, 6) is 7.34. The van der Waals surface area contributed by atoms with E-state index >= 15 is 0 Å². The monoisotopic (exact) mass is 787 g/mol. The summed E-state index contributed by atoms with van der Waals surface area (Å²) in [7, 11) is 2.57. The Balaban J connectivity index is 1.03. The molecule has 0 saturated carbocycles. The Morgan fingerprint density at radius 1 is 0.690 bits per heavy atom. The smallest absolute Gasteiger partial charge is 0.407 e. The Bertz CT molecular complexity index is 2390. The topological polar surface area (TPSA) is 188 Å². The van der Waals surface area contributed by atoms with Gasteiger partial charge in [0.05, 0.1) is 48.5 Å². The van der Waals surface area contributed by atoms with Crippen molar-refractivity contribution in [3.8, 4) is 23.1 Å². The normalized spacial score (nSPS) is 17.7. The Morgan fingerprint density at radius 3 is 1.79 bits per heavy atom. The van der Waals surface area contributed by atoms with Gasteiger partial charge in [-0.1, -0.05) is 51.7 Å². The van der Waals surface area contributed by atoms with Gasteiger partial charge in [-0.05, 0) is 80.0 Å². The molecule has 2 aliphatic heterocycles. The molecule has 4 amide bonds. The zero-order valence-corrected chi connectivity index (χ0v) is 33.6. The molecule has 4 unspecified atom stereocenters. The van der Waals surface area contributed by atoms with Gasteiger partial charge in [-0.2, -0.15) is 0 Å². The van der Waals surface area contributed by atoms with Crippen LogP contribution < -0.4 is 10.6 Å². The van der Waals surface area contributed by atoms with Crippen LogP contribution in [-0.2, 0) is 19.1 Å². The van der Waals surface area contributed by atoms with Gasteiger partial charge in [0.25, 0.3) is 0 Å². The van der Waals surface area contributed by atoms with Crippen LogP contribution in [0.15, 0.2) is 54.6 Å². The van der Waals surface area contributed by atoms with Crippen LogP contribution >= 0.6 is 0 Å². The summed E-state index contributed by atoms with van der Waals surface area (Å²) in [4.78, 5) is 75.9. The lowest BCUT2D eigenvalue weighted by molar-refractivity contribution is -0.136. The molecule has 15 heteroatoms. The molecule has 0 bridgehead atoms. The van der Waals surface area contributed by atoms with Crippen molar-refractivity contribution in [1.82, 2.24) is 45.4 Å². The number of nitrogens with zero attached hydrogens (tertiary/aromatic N) is 5. The van der Waals surface area contributed by atoms with Crippen molar-refractivity contribution in [2.24, 2.45) is 11.8 Å². The minimum Gasteiger partial charge on any atom is -0.453 e. The van der Waals surface area contributed by atoms with Crippen molar-refractivity contribution < 1.29 is 28.7 Å². The number of amides is 4. The number of hydrogen-bond donors (Lipinski definition) is 4. The molecule has 0 spiro atoms. The first-order chi connectivity index (χ1) is 27.9. The van der Waals surface area contributed by atoms with Crippen molar-refractivity contribution in [1.29, 1.82) is 0 Å². The van der Waals surface area contributed by atoms with E-state index in [9.17, 15) is 19.2 Å².